The Labute approximate surface area is 354 Å². The van der Waals surface area contributed by atoms with Gasteiger partial charge in [-0.2, -0.15) is 5.10 Å². The van der Waals surface area contributed by atoms with Crippen LogP contribution in [0, 0.1) is 36.0 Å². The maximum atomic E-state index is 15.2. The molecule has 13 heteroatoms. The number of methoxy groups -OCH3 is 1. The van der Waals surface area contributed by atoms with Gasteiger partial charge in [-0.25, -0.2) is 4.90 Å². The maximum absolute atomic E-state index is 15.2. The monoisotopic (exact) mass is 837 g/mol. The lowest BCUT2D eigenvalue weighted by molar-refractivity contribution is -0.131. The average Bonchev–Trinajstić information content (AvgIpc) is 3.92. The minimum absolute atomic E-state index is 0.0930. The van der Waals surface area contributed by atoms with Crippen LogP contribution in [0.3, 0.4) is 0 Å². The Morgan fingerprint density at radius 1 is 0.883 bits per heavy atom. The molecule has 0 radical (unpaired) electrons. The number of allylic oxidation sites excluding steroid dienone is 2. The second kappa shape index (κ2) is 13.9. The molecular weight excluding hydrogens is 798 g/mol. The number of thiophene rings is 1. The number of nitrogens with one attached hydrogen (secondary N) is 1. The van der Waals surface area contributed by atoms with Gasteiger partial charge in [-0.3, -0.25) is 28.8 Å². The number of halogens is 1. The molecule has 302 valence electrons. The maximum Gasteiger partial charge on any atom is 0.242 e. The lowest BCUT2D eigenvalue weighted by Crippen LogP contribution is -2.49. The van der Waals surface area contributed by atoms with E-state index in [9.17, 15) is 14.7 Å². The summed E-state index contributed by atoms with van der Waals surface area (Å²) in [5.74, 6) is -4.46. The number of hydrogen-bond donors (Lipinski definition) is 2. The molecule has 2 N–H and O–H groups in total. The summed E-state index contributed by atoms with van der Waals surface area (Å²) in [5, 5.41) is 21.4. The number of hydrogen-bond acceptors (Lipinski definition) is 9. The van der Waals surface area contributed by atoms with Gasteiger partial charge in [0, 0.05) is 51.8 Å². The molecule has 6 aromatic rings. The third-order valence-corrected chi connectivity index (χ3v) is 14.8. The van der Waals surface area contributed by atoms with Gasteiger partial charge >= 0.3 is 0 Å². The Balaban J connectivity index is 1.03. The fourth-order valence-corrected chi connectivity index (χ4v) is 11.6. The molecule has 2 aromatic heterocycles. The van der Waals surface area contributed by atoms with Crippen molar-refractivity contribution in [3.8, 4) is 22.1 Å². The van der Waals surface area contributed by atoms with Gasteiger partial charge < -0.3 is 15.2 Å². The molecule has 0 spiro atoms. The molecule has 1 saturated carbocycles. The molecule has 2 aliphatic carbocycles. The molecule has 4 amide bonds. The van der Waals surface area contributed by atoms with E-state index in [2.05, 4.69) is 5.32 Å². The predicted octanol–water partition coefficient (Wildman–Crippen LogP) is 9.16. The van der Waals surface area contributed by atoms with Crippen molar-refractivity contribution in [2.75, 3.05) is 22.2 Å². The van der Waals surface area contributed by atoms with Crippen LogP contribution in [0.2, 0.25) is 5.02 Å². The van der Waals surface area contributed by atoms with Crippen LogP contribution in [-0.2, 0) is 26.2 Å². The Hall–Kier alpha value is -6.24. The second-order valence-electron chi connectivity index (χ2n) is 16.3. The molecule has 6 unspecified atom stereocenters. The van der Waals surface area contributed by atoms with E-state index in [4.69, 9.17) is 21.4 Å². The van der Waals surface area contributed by atoms with Gasteiger partial charge in [0.2, 0.25) is 23.6 Å². The number of amides is 4. The number of ether oxygens (including phenoxy) is 1. The Bertz CT molecular complexity index is 2830. The highest BCUT2D eigenvalue weighted by molar-refractivity contribution is 7.22. The van der Waals surface area contributed by atoms with Crippen LogP contribution in [-0.4, -0.2) is 45.6 Å². The van der Waals surface area contributed by atoms with Crippen LogP contribution < -0.4 is 19.9 Å². The van der Waals surface area contributed by atoms with Crippen molar-refractivity contribution >= 4 is 79.5 Å². The highest BCUT2D eigenvalue weighted by Crippen LogP contribution is 2.64. The summed E-state index contributed by atoms with van der Waals surface area (Å²) in [6.07, 6.45) is 2.42. The SMILES string of the molecule is COc1ccc(C2C3=CCC4C(=O)N(c5ccc(Nc6ccccc6)cc5)C(=O)C4C3CC3C(=O)N(c4cc(-c5sc6ccc(Cl)cc6c5C)nn4C)C(=O)C32C)c(O)c1. The molecule has 3 fully saturated rings. The van der Waals surface area contributed by atoms with Gasteiger partial charge in [0.05, 0.1) is 40.8 Å². The normalized spacial score (nSPS) is 24.8. The van der Waals surface area contributed by atoms with E-state index in [1.807, 2.05) is 73.7 Å². The van der Waals surface area contributed by atoms with E-state index in [0.717, 1.165) is 37.5 Å². The Morgan fingerprint density at radius 2 is 1.63 bits per heavy atom. The van der Waals surface area contributed by atoms with E-state index in [-0.39, 0.29) is 30.4 Å². The van der Waals surface area contributed by atoms with Gasteiger partial charge in [0.15, 0.2) is 0 Å². The first kappa shape index (κ1) is 38.0. The fourth-order valence-electron chi connectivity index (χ4n) is 10.3. The number of carbonyl (C=O) groups excluding carboxylic acids is 4. The van der Waals surface area contributed by atoms with Crippen LogP contribution in [0.4, 0.5) is 22.9 Å². The van der Waals surface area contributed by atoms with Gasteiger partial charge in [-0.1, -0.05) is 47.5 Å². The summed E-state index contributed by atoms with van der Waals surface area (Å²) >= 11 is 7.90. The molecule has 4 heterocycles. The molecule has 0 bridgehead atoms. The lowest BCUT2D eigenvalue weighted by atomic mass is 9.51. The molecular formula is C47H40ClN5O6S. The number of phenols is 1. The largest absolute Gasteiger partial charge is 0.508 e. The first-order valence-electron chi connectivity index (χ1n) is 19.9. The first-order valence-corrected chi connectivity index (χ1v) is 21.1. The summed E-state index contributed by atoms with van der Waals surface area (Å²) in [6, 6.07) is 29.4. The van der Waals surface area contributed by atoms with Crippen molar-refractivity contribution in [2.24, 2.45) is 36.1 Å². The van der Waals surface area contributed by atoms with E-state index in [0.29, 0.717) is 33.5 Å². The number of anilines is 4. The molecule has 10 rings (SSSR count). The summed E-state index contributed by atoms with van der Waals surface area (Å²) in [6.45, 7) is 3.80. The number of nitrogens with zero attached hydrogens (tertiary/aromatic N) is 4. The van der Waals surface area contributed by atoms with Crippen molar-refractivity contribution in [3.63, 3.8) is 0 Å². The van der Waals surface area contributed by atoms with Crippen molar-refractivity contribution in [3.05, 3.63) is 125 Å². The number of carbonyl (C=O) groups is 4. The van der Waals surface area contributed by atoms with Gasteiger partial charge in [0.25, 0.3) is 0 Å². The van der Waals surface area contributed by atoms with Gasteiger partial charge in [0.1, 0.15) is 23.0 Å². The standard InChI is InChI=1S/C47H40ClN5O6S/c1-24-33-20-25(48)10-19-38(33)60-42(24)36-23-39(51(3)50-36)53-44(56)35-22-34-30(41(47(35,2)46(53)58)31-16-15-29(59-4)21-37(31)54)17-18-32-40(34)45(57)52(43(32)55)28-13-11-27(12-14-28)49-26-8-6-5-7-9-26/h5-17,19-21,23,32,34-35,40-41,49,54H,18,22H2,1-4H3. The van der Waals surface area contributed by atoms with Crippen molar-refractivity contribution in [2.45, 2.75) is 32.6 Å². The number of rotatable bonds is 7. The van der Waals surface area contributed by atoms with Crippen LogP contribution >= 0.6 is 22.9 Å². The number of aromatic nitrogens is 2. The van der Waals surface area contributed by atoms with Crippen LogP contribution in [0.5, 0.6) is 11.5 Å². The number of benzene rings is 4. The quantitative estimate of drug-likeness (QED) is 0.120. The van der Waals surface area contributed by atoms with E-state index in [1.165, 1.54) is 23.0 Å². The minimum atomic E-state index is -1.36. The zero-order chi connectivity index (χ0) is 41.8. The van der Waals surface area contributed by atoms with Crippen molar-refractivity contribution in [1.29, 1.82) is 0 Å². The highest BCUT2D eigenvalue weighted by Gasteiger charge is 2.68. The van der Waals surface area contributed by atoms with Crippen molar-refractivity contribution < 1.29 is 29.0 Å². The van der Waals surface area contributed by atoms with Crippen molar-refractivity contribution in [1.82, 2.24) is 9.78 Å². The zero-order valence-electron chi connectivity index (χ0n) is 33.2. The van der Waals surface area contributed by atoms with Gasteiger partial charge in [-0.05, 0) is 104 Å². The lowest BCUT2D eigenvalue weighted by Gasteiger charge is -2.49. The van der Waals surface area contributed by atoms with E-state index < -0.39 is 46.8 Å². The molecule has 2 saturated heterocycles. The number of para-hydroxylation sites is 1. The first-order chi connectivity index (χ1) is 28.9. The average molecular weight is 838 g/mol. The number of aryl methyl sites for hydroxylation is 2. The molecule has 2 aliphatic heterocycles. The van der Waals surface area contributed by atoms with Gasteiger partial charge in [-0.15, -0.1) is 11.3 Å². The Kier molecular flexibility index (Phi) is 8.82. The fraction of sp³-hybridized carbons (Fsp3) is 0.255. The third-order valence-electron chi connectivity index (χ3n) is 13.2. The summed E-state index contributed by atoms with van der Waals surface area (Å²) in [5.41, 5.74) is 3.64. The summed E-state index contributed by atoms with van der Waals surface area (Å²) in [7, 11) is 3.22. The molecule has 6 atom stereocenters. The predicted molar refractivity (Wildman–Crippen MR) is 232 cm³/mol. The topological polar surface area (TPSA) is 134 Å². The molecule has 4 aliphatic rings. The van der Waals surface area contributed by atoms with E-state index >= 15 is 9.59 Å². The number of phenolic OH excluding ortho intramolecular Hbond substituents is 1. The highest BCUT2D eigenvalue weighted by atomic mass is 35.5. The number of aromatic hydroxyl groups is 1. The molecule has 11 nitrogen and oxygen atoms in total. The van der Waals surface area contributed by atoms with E-state index in [1.54, 1.807) is 60.3 Å². The third kappa shape index (κ3) is 5.57. The Morgan fingerprint density at radius 3 is 2.37 bits per heavy atom. The van der Waals surface area contributed by atoms with Crippen LogP contribution in [0.15, 0.2) is 109 Å². The smallest absolute Gasteiger partial charge is 0.242 e. The molecule has 4 aromatic carbocycles. The minimum Gasteiger partial charge on any atom is -0.508 e. The number of fused-ring (bicyclic) bond motifs is 5. The second-order valence-corrected chi connectivity index (χ2v) is 17.8. The summed E-state index contributed by atoms with van der Waals surface area (Å²) in [4.78, 5) is 62.6. The number of imide groups is 2. The zero-order valence-corrected chi connectivity index (χ0v) is 34.8. The van der Waals surface area contributed by atoms with Crippen LogP contribution in [0.25, 0.3) is 20.7 Å². The van der Waals surface area contributed by atoms with Crippen LogP contribution in [0.1, 0.15) is 36.8 Å². The molecule has 60 heavy (non-hydrogen) atoms. The summed E-state index contributed by atoms with van der Waals surface area (Å²) < 4.78 is 8.01.